The fourth-order valence-corrected chi connectivity index (χ4v) is 7.55. The Bertz CT molecular complexity index is 782. The number of hydrogen-bond acceptors (Lipinski definition) is 5. The van der Waals surface area contributed by atoms with Gasteiger partial charge in [-0.3, -0.25) is 9.59 Å². The summed E-state index contributed by atoms with van der Waals surface area (Å²) in [7, 11) is 0. The number of ketones is 2. The monoisotopic (exact) mass is 388 g/mol. The van der Waals surface area contributed by atoms with E-state index in [4.69, 9.17) is 0 Å². The van der Waals surface area contributed by atoms with Crippen LogP contribution >= 0.6 is 0 Å². The molecular formula is C23H32O5. The zero-order valence-electron chi connectivity index (χ0n) is 17.1. The van der Waals surface area contributed by atoms with Crippen LogP contribution in [-0.4, -0.2) is 45.2 Å². The maximum Gasteiger partial charge on any atom is 0.190 e. The largest absolute Gasteiger partial charge is 0.393 e. The van der Waals surface area contributed by atoms with Crippen molar-refractivity contribution in [3.63, 3.8) is 0 Å². The first-order valence-corrected chi connectivity index (χ1v) is 10.6. The number of aliphatic hydroxyl groups is 3. The topological polar surface area (TPSA) is 94.8 Å². The molecular weight excluding hydrogens is 356 g/mol. The molecule has 0 unspecified atom stereocenters. The molecule has 0 radical (unpaired) electrons. The third-order valence-corrected chi connectivity index (χ3v) is 8.88. The van der Waals surface area contributed by atoms with Gasteiger partial charge in [0.2, 0.25) is 0 Å². The Morgan fingerprint density at radius 3 is 2.64 bits per heavy atom. The van der Waals surface area contributed by atoms with Crippen LogP contribution in [0.5, 0.6) is 0 Å². The van der Waals surface area contributed by atoms with Crippen molar-refractivity contribution in [3.05, 3.63) is 23.3 Å². The predicted molar refractivity (Wildman–Crippen MR) is 104 cm³/mol. The van der Waals surface area contributed by atoms with E-state index in [0.29, 0.717) is 19.3 Å². The van der Waals surface area contributed by atoms with Gasteiger partial charge in [0.1, 0.15) is 12.2 Å². The van der Waals surface area contributed by atoms with E-state index in [1.165, 1.54) is 5.57 Å². The van der Waals surface area contributed by atoms with Crippen molar-refractivity contribution >= 4 is 11.6 Å². The van der Waals surface area contributed by atoms with Crippen LogP contribution in [0.15, 0.2) is 23.3 Å². The first kappa shape index (κ1) is 20.0. The molecule has 0 aliphatic heterocycles. The first-order valence-electron chi connectivity index (χ1n) is 10.6. The maximum atomic E-state index is 12.4. The molecule has 0 aromatic carbocycles. The summed E-state index contributed by atoms with van der Waals surface area (Å²) in [5, 5.41) is 32.0. The quantitative estimate of drug-likeness (QED) is 0.690. The number of fused-ring (bicyclic) bond motifs is 5. The normalized spacial score (nSPS) is 47.6. The zero-order valence-corrected chi connectivity index (χ0v) is 17.1. The lowest BCUT2D eigenvalue weighted by atomic mass is 9.45. The summed E-state index contributed by atoms with van der Waals surface area (Å²) in [6, 6.07) is 0. The fraction of sp³-hybridized carbons (Fsp3) is 0.739. The van der Waals surface area contributed by atoms with Gasteiger partial charge in [-0.2, -0.15) is 0 Å². The van der Waals surface area contributed by atoms with E-state index < -0.39 is 29.5 Å². The van der Waals surface area contributed by atoms with Crippen molar-refractivity contribution in [1.82, 2.24) is 0 Å². The van der Waals surface area contributed by atoms with E-state index in [-0.39, 0.29) is 29.0 Å². The van der Waals surface area contributed by atoms with Gasteiger partial charge in [-0.15, -0.1) is 0 Å². The molecule has 4 rings (SSSR count). The standard InChI is InChI=1S/C23H32O5/c1-4-13-15-6-5-14-16-7-10-23(28,19(27)12-24)22(16,3)11-18(26)20(14)21(15,2)9-8-17(13)25/h8-9,14,16,18,20,24,26,28H,4-7,10-12H2,1-3H3/t14-,16-,18-,20+,21-,22-,23-/m0/s1. The van der Waals surface area contributed by atoms with E-state index >= 15 is 0 Å². The Kier molecular flexibility index (Phi) is 4.53. The molecule has 0 amide bonds. The highest BCUT2D eigenvalue weighted by Crippen LogP contribution is 2.67. The summed E-state index contributed by atoms with van der Waals surface area (Å²) in [6.45, 7) is 5.41. The molecule has 0 saturated heterocycles. The van der Waals surface area contributed by atoms with Crippen LogP contribution in [0.25, 0.3) is 0 Å². The van der Waals surface area contributed by atoms with Crippen molar-refractivity contribution < 1.29 is 24.9 Å². The second kappa shape index (κ2) is 6.35. The Balaban J connectivity index is 1.77. The maximum absolute atomic E-state index is 12.4. The van der Waals surface area contributed by atoms with Gasteiger partial charge < -0.3 is 15.3 Å². The van der Waals surface area contributed by atoms with Crippen LogP contribution in [0, 0.1) is 28.6 Å². The molecule has 3 N–H and O–H groups in total. The highest BCUT2D eigenvalue weighted by atomic mass is 16.3. The van der Waals surface area contributed by atoms with Gasteiger partial charge in [0, 0.05) is 16.7 Å². The van der Waals surface area contributed by atoms with Gasteiger partial charge in [0.05, 0.1) is 6.10 Å². The van der Waals surface area contributed by atoms with Gasteiger partial charge in [-0.1, -0.05) is 32.4 Å². The molecule has 3 fully saturated rings. The van der Waals surface area contributed by atoms with Gasteiger partial charge >= 0.3 is 0 Å². The molecule has 154 valence electrons. The predicted octanol–water partition coefficient (Wildman–Crippen LogP) is 2.34. The summed E-state index contributed by atoms with van der Waals surface area (Å²) in [5.41, 5.74) is -0.590. The summed E-state index contributed by atoms with van der Waals surface area (Å²) in [6.07, 6.45) is 6.80. The molecule has 0 aromatic heterocycles. The number of rotatable bonds is 3. The first-order chi connectivity index (χ1) is 13.1. The number of hydrogen-bond donors (Lipinski definition) is 3. The van der Waals surface area contributed by atoms with Crippen molar-refractivity contribution in [1.29, 1.82) is 0 Å². The van der Waals surface area contributed by atoms with Crippen LogP contribution in [0.4, 0.5) is 0 Å². The van der Waals surface area contributed by atoms with Gasteiger partial charge in [-0.25, -0.2) is 0 Å². The highest BCUT2D eigenvalue weighted by molar-refractivity contribution is 6.06. The molecule has 7 atom stereocenters. The second-order valence-corrected chi connectivity index (χ2v) is 9.79. The van der Waals surface area contributed by atoms with Crippen LogP contribution in [0.2, 0.25) is 0 Å². The van der Waals surface area contributed by atoms with Crippen LogP contribution in [0.1, 0.15) is 59.3 Å². The average molecular weight is 389 g/mol. The fourth-order valence-electron chi connectivity index (χ4n) is 7.55. The minimum atomic E-state index is -1.57. The molecule has 28 heavy (non-hydrogen) atoms. The Labute approximate surface area is 166 Å². The summed E-state index contributed by atoms with van der Waals surface area (Å²) in [5.74, 6) is -0.156. The van der Waals surface area contributed by atoms with Crippen molar-refractivity contribution in [3.8, 4) is 0 Å². The zero-order chi connectivity index (χ0) is 20.5. The minimum Gasteiger partial charge on any atom is -0.393 e. The number of allylic oxidation sites excluding steroid dienone is 4. The lowest BCUT2D eigenvalue weighted by Crippen LogP contribution is -2.61. The van der Waals surface area contributed by atoms with Gasteiger partial charge in [0.15, 0.2) is 11.6 Å². The van der Waals surface area contributed by atoms with Crippen LogP contribution in [-0.2, 0) is 9.59 Å². The Morgan fingerprint density at radius 2 is 2.00 bits per heavy atom. The Hall–Kier alpha value is -1.30. The van der Waals surface area contributed by atoms with E-state index in [9.17, 15) is 24.9 Å². The summed E-state index contributed by atoms with van der Waals surface area (Å²) < 4.78 is 0. The molecule has 4 aliphatic carbocycles. The number of carbonyl (C=O) groups is 2. The van der Waals surface area contributed by atoms with E-state index in [0.717, 1.165) is 24.8 Å². The SMILES string of the molecule is CCC1=C2CC[C@@H]3[C@H]([C@@H](O)C[C@@]4(C)[C@H]3CC[C@]4(O)C(=O)CO)[C@@]2(C)C=CC1=O. The molecule has 5 heteroatoms. The molecule has 0 spiro atoms. The summed E-state index contributed by atoms with van der Waals surface area (Å²) in [4.78, 5) is 24.8. The molecule has 3 saturated carbocycles. The van der Waals surface area contributed by atoms with Gasteiger partial charge in [0.25, 0.3) is 0 Å². The van der Waals surface area contributed by atoms with Crippen LogP contribution < -0.4 is 0 Å². The number of aliphatic hydroxyl groups excluding tert-OH is 2. The highest BCUT2D eigenvalue weighted by Gasteiger charge is 2.68. The third kappa shape index (κ3) is 2.30. The molecule has 0 heterocycles. The smallest absolute Gasteiger partial charge is 0.190 e. The van der Waals surface area contributed by atoms with Gasteiger partial charge in [-0.05, 0) is 62.0 Å². The number of Topliss-reactive ketones (excluding diaryl/α,β-unsaturated/α-hetero) is 1. The van der Waals surface area contributed by atoms with Crippen molar-refractivity contribution in [2.75, 3.05) is 6.61 Å². The summed E-state index contributed by atoms with van der Waals surface area (Å²) >= 11 is 0. The Morgan fingerprint density at radius 1 is 1.29 bits per heavy atom. The molecule has 5 nitrogen and oxygen atoms in total. The molecule has 0 bridgehead atoms. The van der Waals surface area contributed by atoms with Crippen molar-refractivity contribution in [2.24, 2.45) is 28.6 Å². The average Bonchev–Trinajstić information content (AvgIpc) is 2.93. The van der Waals surface area contributed by atoms with E-state index in [1.807, 2.05) is 19.9 Å². The lowest BCUT2D eigenvalue weighted by Gasteiger charge is -2.60. The molecule has 0 aromatic rings. The lowest BCUT2D eigenvalue weighted by molar-refractivity contribution is -0.178. The second-order valence-electron chi connectivity index (χ2n) is 9.79. The van der Waals surface area contributed by atoms with Crippen LogP contribution in [0.3, 0.4) is 0 Å². The third-order valence-electron chi connectivity index (χ3n) is 8.88. The van der Waals surface area contributed by atoms with E-state index in [1.54, 1.807) is 6.08 Å². The van der Waals surface area contributed by atoms with E-state index in [2.05, 4.69) is 6.92 Å². The van der Waals surface area contributed by atoms with Crippen molar-refractivity contribution in [2.45, 2.75) is 71.0 Å². The molecule has 4 aliphatic rings. The minimum absolute atomic E-state index is 0.0215. The number of carbonyl (C=O) groups excluding carboxylic acids is 2.